The SMILES string of the molecule is O=C(NO)c1ccc(C(=O)Nc2n[nH]c3cc(-c4cccc(Cl)c4Cl)ccc23)cc1. The zero-order chi connectivity index (χ0) is 21.3. The van der Waals surface area contributed by atoms with Gasteiger partial charge in [-0.25, -0.2) is 5.48 Å². The molecule has 0 saturated carbocycles. The van der Waals surface area contributed by atoms with E-state index < -0.39 is 5.91 Å². The summed E-state index contributed by atoms with van der Waals surface area (Å²) >= 11 is 12.4. The fourth-order valence-electron chi connectivity index (χ4n) is 3.03. The Bertz CT molecular complexity index is 1270. The van der Waals surface area contributed by atoms with E-state index in [4.69, 9.17) is 28.4 Å². The van der Waals surface area contributed by atoms with E-state index in [-0.39, 0.29) is 11.5 Å². The number of H-pyrrole nitrogens is 1. The standard InChI is InChI=1S/C21H14Cl2N4O3/c22-16-3-1-2-14(18(16)23)13-8-9-15-17(10-13)25-26-19(15)24-20(28)11-4-6-12(7-5-11)21(29)27-30/h1-10,30H,(H,27,29)(H2,24,25,26,28). The Morgan fingerprint density at radius 1 is 0.933 bits per heavy atom. The van der Waals surface area contributed by atoms with Crippen LogP contribution in [0.25, 0.3) is 22.0 Å². The van der Waals surface area contributed by atoms with Crippen molar-refractivity contribution in [3.05, 3.63) is 81.8 Å². The number of halogens is 2. The molecule has 4 N–H and O–H groups in total. The smallest absolute Gasteiger partial charge is 0.274 e. The molecule has 0 aliphatic rings. The number of carbonyl (C=O) groups is 2. The Morgan fingerprint density at radius 3 is 2.33 bits per heavy atom. The van der Waals surface area contributed by atoms with Crippen LogP contribution >= 0.6 is 23.2 Å². The van der Waals surface area contributed by atoms with Crippen molar-refractivity contribution in [1.29, 1.82) is 0 Å². The van der Waals surface area contributed by atoms with Gasteiger partial charge >= 0.3 is 0 Å². The lowest BCUT2D eigenvalue weighted by atomic mass is 10.0. The molecule has 1 heterocycles. The van der Waals surface area contributed by atoms with Crippen LogP contribution < -0.4 is 10.8 Å². The minimum absolute atomic E-state index is 0.228. The van der Waals surface area contributed by atoms with Crippen molar-refractivity contribution in [3.63, 3.8) is 0 Å². The number of rotatable bonds is 4. The monoisotopic (exact) mass is 440 g/mol. The second-order valence-electron chi connectivity index (χ2n) is 6.41. The van der Waals surface area contributed by atoms with Crippen molar-refractivity contribution in [2.45, 2.75) is 0 Å². The maximum absolute atomic E-state index is 12.5. The Labute approximate surface area is 180 Å². The lowest BCUT2D eigenvalue weighted by Gasteiger charge is -2.07. The van der Waals surface area contributed by atoms with Crippen molar-refractivity contribution < 1.29 is 14.8 Å². The normalized spacial score (nSPS) is 10.8. The lowest BCUT2D eigenvalue weighted by Crippen LogP contribution is -2.19. The Kier molecular flexibility index (Phi) is 5.41. The van der Waals surface area contributed by atoms with Gasteiger partial charge in [0.1, 0.15) is 0 Å². The number of benzene rings is 3. The number of aromatic nitrogens is 2. The topological polar surface area (TPSA) is 107 Å². The van der Waals surface area contributed by atoms with Crippen molar-refractivity contribution in [2.24, 2.45) is 0 Å². The second kappa shape index (κ2) is 8.16. The molecule has 0 fully saturated rings. The summed E-state index contributed by atoms with van der Waals surface area (Å²) in [6, 6.07) is 16.8. The molecule has 150 valence electrons. The quantitative estimate of drug-likeness (QED) is 0.267. The molecule has 4 aromatic rings. The summed E-state index contributed by atoms with van der Waals surface area (Å²) in [4.78, 5) is 23.9. The van der Waals surface area contributed by atoms with Crippen molar-refractivity contribution in [2.75, 3.05) is 5.32 Å². The maximum atomic E-state index is 12.5. The Balaban J connectivity index is 1.59. The first-order valence-corrected chi connectivity index (χ1v) is 9.52. The molecular formula is C21H14Cl2N4O3. The molecule has 3 aromatic carbocycles. The van der Waals surface area contributed by atoms with Crippen LogP contribution in [0, 0.1) is 0 Å². The van der Waals surface area contributed by atoms with Gasteiger partial charge in [-0.05, 0) is 48.0 Å². The van der Waals surface area contributed by atoms with Gasteiger partial charge in [-0.1, -0.05) is 41.4 Å². The summed E-state index contributed by atoms with van der Waals surface area (Å²) in [6.45, 7) is 0. The molecule has 0 bridgehead atoms. The summed E-state index contributed by atoms with van der Waals surface area (Å²) < 4.78 is 0. The zero-order valence-corrected chi connectivity index (χ0v) is 16.8. The van der Waals surface area contributed by atoms with Crippen LogP contribution in [0.2, 0.25) is 10.0 Å². The van der Waals surface area contributed by atoms with E-state index in [1.165, 1.54) is 24.3 Å². The van der Waals surface area contributed by atoms with Crippen LogP contribution in [0.3, 0.4) is 0 Å². The van der Waals surface area contributed by atoms with Crippen molar-refractivity contribution in [1.82, 2.24) is 15.7 Å². The third-order valence-electron chi connectivity index (χ3n) is 4.57. The highest BCUT2D eigenvalue weighted by Gasteiger charge is 2.14. The zero-order valence-electron chi connectivity index (χ0n) is 15.2. The van der Waals surface area contributed by atoms with E-state index in [0.29, 0.717) is 26.9 Å². The highest BCUT2D eigenvalue weighted by atomic mass is 35.5. The number of aromatic amines is 1. The van der Waals surface area contributed by atoms with Gasteiger partial charge < -0.3 is 5.32 Å². The van der Waals surface area contributed by atoms with Gasteiger partial charge in [-0.3, -0.25) is 19.9 Å². The third-order valence-corrected chi connectivity index (χ3v) is 5.39. The second-order valence-corrected chi connectivity index (χ2v) is 7.19. The van der Waals surface area contributed by atoms with Gasteiger partial charge in [0.25, 0.3) is 11.8 Å². The molecule has 7 nitrogen and oxygen atoms in total. The summed E-state index contributed by atoms with van der Waals surface area (Å²) in [5.74, 6) is -0.673. The van der Waals surface area contributed by atoms with Crippen LogP contribution in [0.1, 0.15) is 20.7 Å². The van der Waals surface area contributed by atoms with Crippen molar-refractivity contribution >= 4 is 51.7 Å². The first-order chi connectivity index (χ1) is 14.5. The molecule has 0 atom stereocenters. The lowest BCUT2D eigenvalue weighted by molar-refractivity contribution is 0.0706. The molecule has 0 aliphatic carbocycles. The number of anilines is 1. The highest BCUT2D eigenvalue weighted by Crippen LogP contribution is 2.35. The van der Waals surface area contributed by atoms with Crippen LogP contribution in [-0.4, -0.2) is 27.2 Å². The minimum atomic E-state index is -0.657. The third kappa shape index (κ3) is 3.73. The summed E-state index contributed by atoms with van der Waals surface area (Å²) in [5.41, 5.74) is 4.47. The highest BCUT2D eigenvalue weighted by molar-refractivity contribution is 6.43. The number of nitrogens with one attached hydrogen (secondary N) is 3. The molecule has 4 rings (SSSR count). The average molecular weight is 441 g/mol. The van der Waals surface area contributed by atoms with E-state index in [1.54, 1.807) is 11.5 Å². The van der Waals surface area contributed by atoms with Crippen LogP contribution in [0.4, 0.5) is 5.82 Å². The molecule has 0 aliphatic heterocycles. The summed E-state index contributed by atoms with van der Waals surface area (Å²) in [5, 5.41) is 20.1. The first kappa shape index (κ1) is 19.9. The van der Waals surface area contributed by atoms with E-state index >= 15 is 0 Å². The Morgan fingerprint density at radius 2 is 1.63 bits per heavy atom. The van der Waals surface area contributed by atoms with E-state index in [0.717, 1.165) is 16.5 Å². The molecule has 0 spiro atoms. The van der Waals surface area contributed by atoms with Crippen LogP contribution in [-0.2, 0) is 0 Å². The number of fused-ring (bicyclic) bond motifs is 1. The first-order valence-electron chi connectivity index (χ1n) is 8.76. The van der Waals surface area contributed by atoms with E-state index in [9.17, 15) is 9.59 Å². The number of carbonyl (C=O) groups excluding carboxylic acids is 2. The van der Waals surface area contributed by atoms with Gasteiger partial charge in [-0.2, -0.15) is 5.10 Å². The van der Waals surface area contributed by atoms with Crippen LogP contribution in [0.15, 0.2) is 60.7 Å². The molecule has 1 aromatic heterocycles. The van der Waals surface area contributed by atoms with E-state index in [2.05, 4.69) is 15.5 Å². The van der Waals surface area contributed by atoms with Crippen LogP contribution in [0.5, 0.6) is 0 Å². The van der Waals surface area contributed by atoms with Gasteiger partial charge in [0.2, 0.25) is 0 Å². The summed E-state index contributed by atoms with van der Waals surface area (Å²) in [7, 11) is 0. The minimum Gasteiger partial charge on any atom is -0.305 e. The van der Waals surface area contributed by atoms with Gasteiger partial charge in [0, 0.05) is 22.1 Å². The molecule has 0 radical (unpaired) electrons. The largest absolute Gasteiger partial charge is 0.305 e. The van der Waals surface area contributed by atoms with Gasteiger partial charge in [-0.15, -0.1) is 0 Å². The molecule has 2 amide bonds. The number of nitrogens with zero attached hydrogens (tertiary/aromatic N) is 1. The van der Waals surface area contributed by atoms with Gasteiger partial charge in [0.05, 0.1) is 15.6 Å². The maximum Gasteiger partial charge on any atom is 0.274 e. The Hall–Kier alpha value is -3.39. The molecular weight excluding hydrogens is 427 g/mol. The molecule has 0 saturated heterocycles. The van der Waals surface area contributed by atoms with E-state index in [1.807, 2.05) is 30.3 Å². The van der Waals surface area contributed by atoms with Crippen molar-refractivity contribution in [3.8, 4) is 11.1 Å². The fourth-order valence-corrected chi connectivity index (χ4v) is 3.44. The van der Waals surface area contributed by atoms with Gasteiger partial charge in [0.15, 0.2) is 5.82 Å². The molecule has 0 unspecified atom stereocenters. The molecule has 9 heteroatoms. The molecule has 30 heavy (non-hydrogen) atoms. The predicted octanol–water partition coefficient (Wildman–Crippen LogP) is 4.91. The average Bonchev–Trinajstić information content (AvgIpc) is 3.17. The number of hydroxylamine groups is 1. The summed E-state index contributed by atoms with van der Waals surface area (Å²) in [6.07, 6.45) is 0. The fraction of sp³-hybridized carbons (Fsp3) is 0. The number of amides is 2. The number of hydrogen-bond donors (Lipinski definition) is 4. The predicted molar refractivity (Wildman–Crippen MR) is 115 cm³/mol. The number of hydrogen-bond acceptors (Lipinski definition) is 4.